The Balaban J connectivity index is 1.32. The van der Waals surface area contributed by atoms with E-state index in [1.54, 1.807) is 11.9 Å². The van der Waals surface area contributed by atoms with E-state index in [2.05, 4.69) is 5.32 Å². The van der Waals surface area contributed by atoms with E-state index in [-0.39, 0.29) is 17.7 Å². The first kappa shape index (κ1) is 18.3. The smallest absolute Gasteiger partial charge is 0.227 e. The molecule has 0 saturated heterocycles. The standard InChI is InChI=1S/C22H24N2O4/c1-24(14-15-6-8-19-20(12-15)28-11-10-27-19)21(25)9-7-17-13-16-4-2-3-5-18(16)23-22(17)26/h2-6,8,12,17H,7,9-11,13-14H2,1H3,(H,23,26). The van der Waals surface area contributed by atoms with E-state index in [1.165, 1.54) is 0 Å². The van der Waals surface area contributed by atoms with Crippen molar-refractivity contribution in [2.45, 2.75) is 25.8 Å². The van der Waals surface area contributed by atoms with E-state index in [0.717, 1.165) is 28.3 Å². The summed E-state index contributed by atoms with van der Waals surface area (Å²) in [4.78, 5) is 26.6. The summed E-state index contributed by atoms with van der Waals surface area (Å²) in [5.74, 6) is 1.33. The van der Waals surface area contributed by atoms with Gasteiger partial charge in [-0.1, -0.05) is 24.3 Å². The number of carbonyl (C=O) groups excluding carboxylic acids is 2. The van der Waals surface area contributed by atoms with Crippen molar-refractivity contribution in [1.29, 1.82) is 0 Å². The van der Waals surface area contributed by atoms with Crippen molar-refractivity contribution >= 4 is 17.5 Å². The van der Waals surface area contributed by atoms with Gasteiger partial charge in [0.25, 0.3) is 0 Å². The lowest BCUT2D eigenvalue weighted by atomic mass is 9.89. The number of hydrogen-bond donors (Lipinski definition) is 1. The summed E-state index contributed by atoms with van der Waals surface area (Å²) in [6.07, 6.45) is 1.58. The Morgan fingerprint density at radius 1 is 1.14 bits per heavy atom. The normalized spacial score (nSPS) is 17.5. The van der Waals surface area contributed by atoms with Crippen LogP contribution in [0.3, 0.4) is 0 Å². The molecule has 0 radical (unpaired) electrons. The molecule has 2 aliphatic heterocycles. The van der Waals surface area contributed by atoms with E-state index in [0.29, 0.717) is 39.0 Å². The zero-order valence-electron chi connectivity index (χ0n) is 15.9. The number of fused-ring (bicyclic) bond motifs is 2. The summed E-state index contributed by atoms with van der Waals surface area (Å²) in [6, 6.07) is 13.6. The largest absolute Gasteiger partial charge is 0.486 e. The molecule has 2 heterocycles. The highest BCUT2D eigenvalue weighted by Crippen LogP contribution is 2.31. The third-order valence-electron chi connectivity index (χ3n) is 5.27. The first-order valence-corrected chi connectivity index (χ1v) is 9.61. The van der Waals surface area contributed by atoms with E-state index in [9.17, 15) is 9.59 Å². The van der Waals surface area contributed by atoms with Crippen LogP contribution in [0.5, 0.6) is 11.5 Å². The van der Waals surface area contributed by atoms with Crippen LogP contribution in [-0.2, 0) is 22.6 Å². The highest BCUT2D eigenvalue weighted by Gasteiger charge is 2.26. The fourth-order valence-electron chi connectivity index (χ4n) is 3.68. The first-order chi connectivity index (χ1) is 13.6. The molecular formula is C22H24N2O4. The lowest BCUT2D eigenvalue weighted by Crippen LogP contribution is -2.32. The fraction of sp³-hybridized carbons (Fsp3) is 0.364. The predicted octanol–water partition coefficient (Wildman–Crippen LogP) is 3.01. The van der Waals surface area contributed by atoms with Crippen LogP contribution in [0.1, 0.15) is 24.0 Å². The minimum absolute atomic E-state index is 0.000916. The Morgan fingerprint density at radius 2 is 1.93 bits per heavy atom. The number of carbonyl (C=O) groups is 2. The molecule has 4 rings (SSSR count). The van der Waals surface area contributed by atoms with Crippen molar-refractivity contribution in [3.05, 3.63) is 53.6 Å². The lowest BCUT2D eigenvalue weighted by molar-refractivity contribution is -0.131. The zero-order valence-corrected chi connectivity index (χ0v) is 15.9. The summed E-state index contributed by atoms with van der Waals surface area (Å²) >= 11 is 0. The number of nitrogens with zero attached hydrogens (tertiary/aromatic N) is 1. The van der Waals surface area contributed by atoms with Crippen molar-refractivity contribution < 1.29 is 19.1 Å². The van der Waals surface area contributed by atoms with Gasteiger partial charge in [0.05, 0.1) is 0 Å². The Labute approximate surface area is 164 Å². The quantitative estimate of drug-likeness (QED) is 0.866. The number of nitrogens with one attached hydrogen (secondary N) is 1. The average molecular weight is 380 g/mol. The Bertz CT molecular complexity index is 896. The minimum Gasteiger partial charge on any atom is -0.486 e. The number of benzene rings is 2. The van der Waals surface area contributed by atoms with Crippen molar-refractivity contribution in [3.63, 3.8) is 0 Å². The van der Waals surface area contributed by atoms with Gasteiger partial charge in [-0.25, -0.2) is 0 Å². The summed E-state index contributed by atoms with van der Waals surface area (Å²) in [7, 11) is 1.79. The molecule has 1 unspecified atom stereocenters. The van der Waals surface area contributed by atoms with Crippen LogP contribution in [0, 0.1) is 5.92 Å². The fourth-order valence-corrected chi connectivity index (χ4v) is 3.68. The van der Waals surface area contributed by atoms with Gasteiger partial charge in [0.2, 0.25) is 11.8 Å². The molecule has 6 heteroatoms. The van der Waals surface area contributed by atoms with Gasteiger partial charge in [0.15, 0.2) is 11.5 Å². The van der Waals surface area contributed by atoms with E-state index in [4.69, 9.17) is 9.47 Å². The van der Waals surface area contributed by atoms with Gasteiger partial charge >= 0.3 is 0 Å². The van der Waals surface area contributed by atoms with Crippen molar-refractivity contribution in [2.75, 3.05) is 25.6 Å². The molecule has 0 bridgehead atoms. The van der Waals surface area contributed by atoms with E-state index in [1.807, 2.05) is 42.5 Å². The second-order valence-electron chi connectivity index (χ2n) is 7.31. The maximum atomic E-state index is 12.6. The Morgan fingerprint density at radius 3 is 2.79 bits per heavy atom. The third kappa shape index (κ3) is 3.96. The molecule has 2 aliphatic rings. The topological polar surface area (TPSA) is 67.9 Å². The number of ether oxygens (including phenoxy) is 2. The van der Waals surface area contributed by atoms with Gasteiger partial charge in [-0.2, -0.15) is 0 Å². The molecule has 28 heavy (non-hydrogen) atoms. The maximum absolute atomic E-state index is 12.6. The van der Waals surface area contributed by atoms with Gasteiger partial charge in [-0.15, -0.1) is 0 Å². The van der Waals surface area contributed by atoms with Crippen molar-refractivity contribution in [1.82, 2.24) is 4.90 Å². The van der Waals surface area contributed by atoms with Crippen LogP contribution in [0.25, 0.3) is 0 Å². The molecule has 2 aromatic rings. The molecule has 1 atom stereocenters. The van der Waals surface area contributed by atoms with E-state index >= 15 is 0 Å². The summed E-state index contributed by atoms with van der Waals surface area (Å²) < 4.78 is 11.1. The van der Waals surface area contributed by atoms with Crippen LogP contribution in [0.2, 0.25) is 0 Å². The van der Waals surface area contributed by atoms with Gasteiger partial charge < -0.3 is 19.7 Å². The SMILES string of the molecule is CN(Cc1ccc2c(c1)OCCO2)C(=O)CCC1Cc2ccccc2NC1=O. The maximum Gasteiger partial charge on any atom is 0.227 e. The summed E-state index contributed by atoms with van der Waals surface area (Å²) in [6.45, 7) is 1.59. The molecule has 6 nitrogen and oxygen atoms in total. The molecule has 0 saturated carbocycles. The monoisotopic (exact) mass is 380 g/mol. The molecule has 146 valence electrons. The first-order valence-electron chi connectivity index (χ1n) is 9.61. The van der Waals surface area contributed by atoms with Crippen LogP contribution >= 0.6 is 0 Å². The molecule has 0 spiro atoms. The molecule has 0 aromatic heterocycles. The molecular weight excluding hydrogens is 356 g/mol. The third-order valence-corrected chi connectivity index (χ3v) is 5.27. The van der Waals surface area contributed by atoms with Crippen LogP contribution in [-0.4, -0.2) is 37.0 Å². The molecule has 2 aromatic carbocycles. The number of hydrogen-bond acceptors (Lipinski definition) is 4. The highest BCUT2D eigenvalue weighted by atomic mass is 16.6. The summed E-state index contributed by atoms with van der Waals surface area (Å²) in [5, 5.41) is 2.94. The van der Waals surface area contributed by atoms with Crippen molar-refractivity contribution in [3.8, 4) is 11.5 Å². The Kier molecular flexibility index (Phi) is 5.19. The highest BCUT2D eigenvalue weighted by molar-refractivity contribution is 5.96. The van der Waals surface area contributed by atoms with Crippen LogP contribution in [0.4, 0.5) is 5.69 Å². The second kappa shape index (κ2) is 7.92. The van der Waals surface area contributed by atoms with Gasteiger partial charge in [0.1, 0.15) is 13.2 Å². The van der Waals surface area contributed by atoms with Crippen LogP contribution < -0.4 is 14.8 Å². The molecule has 0 fully saturated rings. The number of anilines is 1. The van der Waals surface area contributed by atoms with E-state index < -0.39 is 0 Å². The van der Waals surface area contributed by atoms with Gasteiger partial charge in [-0.05, 0) is 42.2 Å². The van der Waals surface area contributed by atoms with Crippen molar-refractivity contribution in [2.24, 2.45) is 5.92 Å². The van der Waals surface area contributed by atoms with Gasteiger partial charge in [0, 0.05) is 31.6 Å². The number of amides is 2. The predicted molar refractivity (Wildman–Crippen MR) is 105 cm³/mol. The lowest BCUT2D eigenvalue weighted by Gasteiger charge is -2.25. The summed E-state index contributed by atoms with van der Waals surface area (Å²) in [5.41, 5.74) is 3.00. The molecule has 1 N–H and O–H groups in total. The number of para-hydroxylation sites is 1. The Hall–Kier alpha value is -3.02. The molecule has 0 aliphatic carbocycles. The number of rotatable bonds is 5. The second-order valence-corrected chi connectivity index (χ2v) is 7.31. The van der Waals surface area contributed by atoms with Crippen LogP contribution in [0.15, 0.2) is 42.5 Å². The minimum atomic E-state index is -0.165. The molecule has 2 amide bonds. The van der Waals surface area contributed by atoms with Gasteiger partial charge in [-0.3, -0.25) is 9.59 Å². The average Bonchev–Trinajstić information content (AvgIpc) is 2.71. The zero-order chi connectivity index (χ0) is 19.5.